The Morgan fingerprint density at radius 2 is 1.53 bits per heavy atom. The highest BCUT2D eigenvalue weighted by molar-refractivity contribution is 5.20. The van der Waals surface area contributed by atoms with Gasteiger partial charge in [-0.2, -0.15) is 0 Å². The first kappa shape index (κ1) is 24.7. The molecule has 5 nitrogen and oxygen atoms in total. The lowest BCUT2D eigenvalue weighted by Crippen LogP contribution is -2.68. The molecule has 12 atom stereocenters. The summed E-state index contributed by atoms with van der Waals surface area (Å²) in [4.78, 5) is 0. The van der Waals surface area contributed by atoms with Gasteiger partial charge in [0.25, 0.3) is 0 Å². The predicted octanol–water partition coefficient (Wildman–Crippen LogP) is 3.27. The van der Waals surface area contributed by atoms with Gasteiger partial charge in [0.05, 0.1) is 30.0 Å². The standard InChI is InChI=1S/C27H46O5/c1-15(2)20(29)7-6-16(3)18-13-21(30)24-26(18,5)11-9-23-25(4)10-8-17(28)12-19(25)22(31)14-27(23,24)32/h6-7,15-24,28-32H,8-14H2,1-5H3/t16-,17?,18-,19?,20?,21?,22?,23-,24-,25+,26-,27+/m1/s1. The maximum Gasteiger partial charge on any atom is 0.0763 e. The minimum absolute atomic E-state index is 0.00889. The monoisotopic (exact) mass is 450 g/mol. The lowest BCUT2D eigenvalue weighted by atomic mass is 9.42. The quantitative estimate of drug-likeness (QED) is 0.423. The molecule has 4 aliphatic rings. The number of fused-ring (bicyclic) bond motifs is 5. The lowest BCUT2D eigenvalue weighted by Gasteiger charge is -2.66. The van der Waals surface area contributed by atoms with E-state index >= 15 is 0 Å². The van der Waals surface area contributed by atoms with Crippen molar-refractivity contribution in [1.29, 1.82) is 0 Å². The molecular weight excluding hydrogens is 404 g/mol. The molecule has 4 fully saturated rings. The van der Waals surface area contributed by atoms with Crippen molar-refractivity contribution in [3.63, 3.8) is 0 Å². The molecule has 0 radical (unpaired) electrons. The summed E-state index contributed by atoms with van der Waals surface area (Å²) in [6.07, 6.45) is 6.86. The van der Waals surface area contributed by atoms with Crippen LogP contribution in [-0.2, 0) is 0 Å². The van der Waals surface area contributed by atoms with Crippen molar-refractivity contribution in [1.82, 2.24) is 0 Å². The van der Waals surface area contributed by atoms with Crippen molar-refractivity contribution in [2.24, 2.45) is 46.3 Å². The van der Waals surface area contributed by atoms with Gasteiger partial charge >= 0.3 is 0 Å². The Kier molecular flexibility index (Phi) is 6.42. The van der Waals surface area contributed by atoms with E-state index < -0.39 is 23.9 Å². The third-order valence-corrected chi connectivity index (χ3v) is 10.7. The van der Waals surface area contributed by atoms with Crippen molar-refractivity contribution < 1.29 is 25.5 Å². The molecule has 0 spiro atoms. The third-order valence-electron chi connectivity index (χ3n) is 10.7. The molecule has 0 bridgehead atoms. The van der Waals surface area contributed by atoms with Crippen LogP contribution in [-0.4, -0.2) is 55.5 Å². The van der Waals surface area contributed by atoms with E-state index in [0.29, 0.717) is 19.3 Å². The molecule has 0 amide bonds. The van der Waals surface area contributed by atoms with Crippen molar-refractivity contribution in [3.8, 4) is 0 Å². The molecule has 0 aromatic carbocycles. The Morgan fingerprint density at radius 1 is 0.875 bits per heavy atom. The Bertz CT molecular complexity index is 723. The second kappa shape index (κ2) is 8.34. The van der Waals surface area contributed by atoms with Crippen LogP contribution in [0.25, 0.3) is 0 Å². The van der Waals surface area contributed by atoms with Gasteiger partial charge in [-0.05, 0) is 78.9 Å². The minimum atomic E-state index is -1.09. The summed E-state index contributed by atoms with van der Waals surface area (Å²) in [5.74, 6) is 0.363. The van der Waals surface area contributed by atoms with Gasteiger partial charge in [-0.3, -0.25) is 0 Å². The van der Waals surface area contributed by atoms with Crippen LogP contribution < -0.4 is 0 Å². The maximum atomic E-state index is 12.3. The fraction of sp³-hybridized carbons (Fsp3) is 0.926. The molecule has 5 heteroatoms. The van der Waals surface area contributed by atoms with E-state index in [9.17, 15) is 25.5 Å². The zero-order valence-electron chi connectivity index (χ0n) is 20.6. The van der Waals surface area contributed by atoms with E-state index in [1.54, 1.807) is 0 Å². The molecule has 4 rings (SSSR count). The van der Waals surface area contributed by atoms with Gasteiger partial charge in [0.15, 0.2) is 0 Å². The Balaban J connectivity index is 1.64. The van der Waals surface area contributed by atoms with E-state index in [1.807, 2.05) is 19.9 Å². The van der Waals surface area contributed by atoms with Gasteiger partial charge < -0.3 is 25.5 Å². The minimum Gasteiger partial charge on any atom is -0.393 e. The van der Waals surface area contributed by atoms with Gasteiger partial charge in [0.2, 0.25) is 0 Å². The summed E-state index contributed by atoms with van der Waals surface area (Å²) >= 11 is 0. The number of allylic oxidation sites excluding steroid dienone is 1. The van der Waals surface area contributed by atoms with E-state index in [-0.39, 0.29) is 52.4 Å². The number of hydrogen-bond acceptors (Lipinski definition) is 5. The van der Waals surface area contributed by atoms with Crippen LogP contribution in [0.5, 0.6) is 0 Å². The first-order chi connectivity index (χ1) is 14.8. The molecule has 5 unspecified atom stereocenters. The molecule has 0 saturated heterocycles. The fourth-order valence-electron chi connectivity index (χ4n) is 8.98. The number of aliphatic hydroxyl groups is 5. The second-order valence-corrected chi connectivity index (χ2v) is 12.8. The zero-order chi connectivity index (χ0) is 23.6. The lowest BCUT2D eigenvalue weighted by molar-refractivity contribution is -0.263. The normalized spacial score (nSPS) is 53.0. The molecule has 0 heterocycles. The summed E-state index contributed by atoms with van der Waals surface area (Å²) in [6.45, 7) is 10.6. The average molecular weight is 451 g/mol. The summed E-state index contributed by atoms with van der Waals surface area (Å²) in [5.41, 5.74) is -1.51. The molecule has 4 aliphatic carbocycles. The summed E-state index contributed by atoms with van der Waals surface area (Å²) in [6, 6.07) is 0. The van der Waals surface area contributed by atoms with Crippen LogP contribution in [0.2, 0.25) is 0 Å². The summed E-state index contributed by atoms with van der Waals surface area (Å²) < 4.78 is 0. The topological polar surface area (TPSA) is 101 Å². The molecule has 4 saturated carbocycles. The molecule has 5 N–H and O–H groups in total. The van der Waals surface area contributed by atoms with Crippen LogP contribution in [0.3, 0.4) is 0 Å². The highest BCUT2D eigenvalue weighted by atomic mass is 16.3. The molecular formula is C27H46O5. The van der Waals surface area contributed by atoms with Crippen LogP contribution in [0, 0.1) is 46.3 Å². The first-order valence-corrected chi connectivity index (χ1v) is 13.0. The average Bonchev–Trinajstić information content (AvgIpc) is 2.98. The Hall–Kier alpha value is -0.460. The van der Waals surface area contributed by atoms with Gasteiger partial charge in [-0.1, -0.05) is 46.8 Å². The predicted molar refractivity (Wildman–Crippen MR) is 125 cm³/mol. The third kappa shape index (κ3) is 3.62. The van der Waals surface area contributed by atoms with E-state index in [0.717, 1.165) is 25.7 Å². The van der Waals surface area contributed by atoms with Crippen LogP contribution in [0.1, 0.15) is 79.6 Å². The fourth-order valence-corrected chi connectivity index (χ4v) is 8.98. The van der Waals surface area contributed by atoms with E-state index in [4.69, 9.17) is 0 Å². The smallest absolute Gasteiger partial charge is 0.0763 e. The summed E-state index contributed by atoms with van der Waals surface area (Å²) in [7, 11) is 0. The van der Waals surface area contributed by atoms with Crippen molar-refractivity contribution in [3.05, 3.63) is 12.2 Å². The largest absolute Gasteiger partial charge is 0.393 e. The Morgan fingerprint density at radius 3 is 2.19 bits per heavy atom. The highest BCUT2D eigenvalue weighted by Crippen LogP contribution is 2.69. The molecule has 0 aromatic heterocycles. The van der Waals surface area contributed by atoms with Gasteiger partial charge in [-0.15, -0.1) is 0 Å². The van der Waals surface area contributed by atoms with E-state index in [1.165, 1.54) is 0 Å². The van der Waals surface area contributed by atoms with Crippen molar-refractivity contribution in [2.75, 3.05) is 0 Å². The van der Waals surface area contributed by atoms with E-state index in [2.05, 4.69) is 26.8 Å². The van der Waals surface area contributed by atoms with Crippen molar-refractivity contribution in [2.45, 2.75) is 110 Å². The molecule has 0 aromatic rings. The van der Waals surface area contributed by atoms with Gasteiger partial charge in [0, 0.05) is 12.3 Å². The number of hydrogen-bond donors (Lipinski definition) is 5. The number of aliphatic hydroxyl groups excluding tert-OH is 4. The van der Waals surface area contributed by atoms with Crippen molar-refractivity contribution >= 4 is 0 Å². The molecule has 0 aliphatic heterocycles. The number of rotatable bonds is 4. The SMILES string of the molecule is CC(C)C(O)C=C[C@@H](C)[C@H]1CC(O)[C@@H]2[C@]1(C)CC[C@H]1[C@@]2(O)CC(O)C2CC(O)CC[C@@]21C. The van der Waals surface area contributed by atoms with Crippen LogP contribution in [0.4, 0.5) is 0 Å². The first-order valence-electron chi connectivity index (χ1n) is 13.0. The highest BCUT2D eigenvalue weighted by Gasteiger charge is 2.70. The van der Waals surface area contributed by atoms with Gasteiger partial charge in [0.1, 0.15) is 0 Å². The van der Waals surface area contributed by atoms with Crippen LogP contribution in [0.15, 0.2) is 12.2 Å². The summed E-state index contributed by atoms with van der Waals surface area (Å²) in [5, 5.41) is 55.3. The Labute approximate surface area is 193 Å². The maximum absolute atomic E-state index is 12.3. The second-order valence-electron chi connectivity index (χ2n) is 12.8. The van der Waals surface area contributed by atoms with Crippen LogP contribution >= 0.6 is 0 Å². The molecule has 32 heavy (non-hydrogen) atoms. The zero-order valence-corrected chi connectivity index (χ0v) is 20.6. The molecule has 184 valence electrons. The van der Waals surface area contributed by atoms with Gasteiger partial charge in [-0.25, -0.2) is 0 Å².